The summed E-state index contributed by atoms with van der Waals surface area (Å²) in [5.41, 5.74) is 16.3. The van der Waals surface area contributed by atoms with Crippen LogP contribution in [0.15, 0.2) is 188 Å². The zero-order valence-electron chi connectivity index (χ0n) is 27.9. The summed E-state index contributed by atoms with van der Waals surface area (Å²) in [5, 5.41) is 5.06. The van der Waals surface area contributed by atoms with Crippen molar-refractivity contribution in [2.75, 3.05) is 0 Å². The van der Waals surface area contributed by atoms with Crippen molar-refractivity contribution in [1.29, 1.82) is 0 Å². The lowest BCUT2D eigenvalue weighted by atomic mass is 9.89. The molecule has 238 valence electrons. The van der Waals surface area contributed by atoms with Gasteiger partial charge in [0.25, 0.3) is 0 Å². The summed E-state index contributed by atoms with van der Waals surface area (Å²) >= 11 is 0. The third-order valence-corrected chi connectivity index (χ3v) is 11.0. The Balaban J connectivity index is 1.16. The van der Waals surface area contributed by atoms with Crippen LogP contribution in [0.25, 0.3) is 77.2 Å². The number of para-hydroxylation sites is 2. The third kappa shape index (κ3) is 4.17. The van der Waals surface area contributed by atoms with Gasteiger partial charge >= 0.3 is 0 Å². The highest BCUT2D eigenvalue weighted by molar-refractivity contribution is 6.19. The normalized spacial score (nSPS) is 13.7. The van der Waals surface area contributed by atoms with Crippen LogP contribution in [-0.2, 0) is 0 Å². The first kappa shape index (κ1) is 28.2. The number of benzene rings is 8. The molecule has 8 aromatic carbocycles. The van der Waals surface area contributed by atoms with Gasteiger partial charge in [0.05, 0.1) is 22.1 Å². The van der Waals surface area contributed by atoms with E-state index in [9.17, 15) is 0 Å². The Morgan fingerprint density at radius 3 is 1.55 bits per heavy atom. The zero-order chi connectivity index (χ0) is 33.5. The molecule has 0 saturated carbocycles. The van der Waals surface area contributed by atoms with Gasteiger partial charge in [-0.05, 0) is 87.5 Å². The van der Waals surface area contributed by atoms with Crippen molar-refractivity contribution in [1.82, 2.24) is 9.13 Å². The van der Waals surface area contributed by atoms with Crippen LogP contribution in [-0.4, -0.2) is 9.13 Å². The maximum atomic E-state index is 2.48. The van der Waals surface area contributed by atoms with Crippen molar-refractivity contribution in [2.24, 2.45) is 0 Å². The molecule has 0 aliphatic heterocycles. The average Bonchev–Trinajstić information content (AvgIpc) is 3.83. The quantitative estimate of drug-likeness (QED) is 0.180. The van der Waals surface area contributed by atoms with Crippen LogP contribution in [0.4, 0.5) is 0 Å². The number of aromatic nitrogens is 2. The first-order chi connectivity index (χ1) is 25.3. The summed E-state index contributed by atoms with van der Waals surface area (Å²) < 4.78 is 4.91. The number of nitrogens with zero attached hydrogens (tertiary/aromatic N) is 2. The Hall–Kier alpha value is -6.64. The van der Waals surface area contributed by atoms with Gasteiger partial charge < -0.3 is 9.13 Å². The van der Waals surface area contributed by atoms with Crippen molar-refractivity contribution < 1.29 is 0 Å². The van der Waals surface area contributed by atoms with E-state index >= 15 is 0 Å². The molecule has 0 spiro atoms. The topological polar surface area (TPSA) is 9.86 Å². The molecule has 1 aliphatic rings. The lowest BCUT2D eigenvalue weighted by Gasteiger charge is -2.15. The molecule has 2 heteroatoms. The Kier molecular flexibility index (Phi) is 6.05. The van der Waals surface area contributed by atoms with E-state index in [0.717, 1.165) is 5.69 Å². The summed E-state index contributed by atoms with van der Waals surface area (Å²) in [7, 11) is 0. The molecule has 0 N–H and O–H groups in total. The second kappa shape index (κ2) is 10.9. The van der Waals surface area contributed by atoms with Gasteiger partial charge in [-0.2, -0.15) is 0 Å². The van der Waals surface area contributed by atoms with Crippen LogP contribution >= 0.6 is 0 Å². The van der Waals surface area contributed by atoms with Crippen molar-refractivity contribution in [3.63, 3.8) is 0 Å². The molecule has 11 rings (SSSR count). The smallest absolute Gasteiger partial charge is 0.0562 e. The van der Waals surface area contributed by atoms with Gasteiger partial charge in [0.15, 0.2) is 0 Å². The van der Waals surface area contributed by atoms with Gasteiger partial charge in [-0.3, -0.25) is 0 Å². The maximum absolute atomic E-state index is 2.48. The fourth-order valence-corrected chi connectivity index (χ4v) is 8.76. The van der Waals surface area contributed by atoms with E-state index in [1.54, 1.807) is 0 Å². The monoisotopic (exact) mass is 648 g/mol. The lowest BCUT2D eigenvalue weighted by molar-refractivity contribution is 1.01. The molecule has 1 aliphatic carbocycles. The van der Waals surface area contributed by atoms with Crippen LogP contribution in [0.1, 0.15) is 22.6 Å². The summed E-state index contributed by atoms with van der Waals surface area (Å²) in [5.74, 6) is 0.230. The largest absolute Gasteiger partial charge is 0.309 e. The molecular formula is C49H32N2. The third-order valence-electron chi connectivity index (χ3n) is 11.0. The maximum Gasteiger partial charge on any atom is 0.0562 e. The van der Waals surface area contributed by atoms with E-state index in [1.807, 2.05) is 0 Å². The molecule has 2 nitrogen and oxygen atoms in total. The Morgan fingerprint density at radius 1 is 0.314 bits per heavy atom. The zero-order valence-corrected chi connectivity index (χ0v) is 27.9. The SMILES string of the molecule is c1ccc(-c2ccc(-n3c4ccccc4c4cc5c6ccccc6n(-c6ccc7c(c6)-c6ccccc6C7c6ccccc6)c5cc43)cc2)cc1. The fraction of sp³-hybridized carbons (Fsp3) is 0.0204. The Labute approximate surface area is 296 Å². The Morgan fingerprint density at radius 2 is 0.843 bits per heavy atom. The lowest BCUT2D eigenvalue weighted by Crippen LogP contribution is -2.00. The van der Waals surface area contributed by atoms with E-state index in [-0.39, 0.29) is 5.92 Å². The van der Waals surface area contributed by atoms with E-state index in [1.165, 1.54) is 88.2 Å². The van der Waals surface area contributed by atoms with Crippen molar-refractivity contribution >= 4 is 43.6 Å². The minimum absolute atomic E-state index is 0.230. The highest BCUT2D eigenvalue weighted by atomic mass is 15.0. The summed E-state index contributed by atoms with van der Waals surface area (Å²) in [6.07, 6.45) is 0. The van der Waals surface area contributed by atoms with Crippen molar-refractivity contribution in [3.8, 4) is 33.6 Å². The first-order valence-electron chi connectivity index (χ1n) is 17.7. The van der Waals surface area contributed by atoms with Gasteiger partial charge in [-0.1, -0.05) is 140 Å². The summed E-state index contributed by atoms with van der Waals surface area (Å²) in [6, 6.07) is 69.1. The number of rotatable bonds is 4. The number of fused-ring (bicyclic) bond motifs is 9. The molecule has 1 unspecified atom stereocenters. The van der Waals surface area contributed by atoms with Crippen LogP contribution in [0, 0.1) is 0 Å². The molecular weight excluding hydrogens is 617 g/mol. The van der Waals surface area contributed by atoms with E-state index < -0.39 is 0 Å². The van der Waals surface area contributed by atoms with Crippen molar-refractivity contribution in [2.45, 2.75) is 5.92 Å². The van der Waals surface area contributed by atoms with Gasteiger partial charge in [0.2, 0.25) is 0 Å². The second-order valence-corrected chi connectivity index (χ2v) is 13.7. The number of hydrogen-bond acceptors (Lipinski definition) is 0. The molecule has 0 amide bonds. The highest BCUT2D eigenvalue weighted by Crippen LogP contribution is 2.49. The predicted octanol–water partition coefficient (Wildman–Crippen LogP) is 12.7. The van der Waals surface area contributed by atoms with Crippen LogP contribution in [0.2, 0.25) is 0 Å². The van der Waals surface area contributed by atoms with Gasteiger partial charge in [0.1, 0.15) is 0 Å². The van der Waals surface area contributed by atoms with Gasteiger partial charge in [0, 0.05) is 38.8 Å². The van der Waals surface area contributed by atoms with Crippen LogP contribution < -0.4 is 0 Å². The van der Waals surface area contributed by atoms with Gasteiger partial charge in [-0.15, -0.1) is 0 Å². The molecule has 51 heavy (non-hydrogen) atoms. The minimum atomic E-state index is 0.230. The minimum Gasteiger partial charge on any atom is -0.309 e. The van der Waals surface area contributed by atoms with Gasteiger partial charge in [-0.25, -0.2) is 0 Å². The van der Waals surface area contributed by atoms with Crippen LogP contribution in [0.5, 0.6) is 0 Å². The van der Waals surface area contributed by atoms with Crippen LogP contribution in [0.3, 0.4) is 0 Å². The molecule has 2 heterocycles. The first-order valence-corrected chi connectivity index (χ1v) is 17.7. The molecule has 0 fully saturated rings. The summed E-state index contributed by atoms with van der Waals surface area (Å²) in [6.45, 7) is 0. The van der Waals surface area contributed by atoms with E-state index in [0.29, 0.717) is 0 Å². The summed E-state index contributed by atoms with van der Waals surface area (Å²) in [4.78, 5) is 0. The average molecular weight is 649 g/mol. The molecule has 1 atom stereocenters. The molecule has 0 radical (unpaired) electrons. The predicted molar refractivity (Wildman–Crippen MR) is 213 cm³/mol. The molecule has 0 bridgehead atoms. The standard InChI is InChI=1S/C49H32N2/c1-3-13-32(14-4-1)33-23-25-35(26-24-33)50-45-21-11-9-18-38(45)43-30-44-39-19-10-12-22-46(39)51(48(44)31-47(43)50)36-27-28-41-42(29-36)37-17-7-8-20-40(37)49(41)34-15-5-2-6-16-34/h1-31,49H. The van der Waals surface area contributed by atoms with Crippen molar-refractivity contribution in [3.05, 3.63) is 205 Å². The van der Waals surface area contributed by atoms with E-state index in [4.69, 9.17) is 0 Å². The molecule has 2 aromatic heterocycles. The fourth-order valence-electron chi connectivity index (χ4n) is 8.76. The van der Waals surface area contributed by atoms with E-state index in [2.05, 4.69) is 197 Å². The Bertz CT molecular complexity index is 2950. The molecule has 0 saturated heterocycles. The second-order valence-electron chi connectivity index (χ2n) is 13.7. The molecule has 10 aromatic rings. The number of hydrogen-bond donors (Lipinski definition) is 0. The highest BCUT2D eigenvalue weighted by Gasteiger charge is 2.30.